The molecule has 0 spiro atoms. The maximum Gasteiger partial charge on any atom is 0.244 e. The van der Waals surface area contributed by atoms with Crippen LogP contribution < -0.4 is 19.1 Å². The van der Waals surface area contributed by atoms with Crippen LogP contribution >= 0.6 is 0 Å². The van der Waals surface area contributed by atoms with Gasteiger partial charge in [-0.3, -0.25) is 4.90 Å². The minimum atomic E-state index is -3.62. The molecule has 0 saturated carbocycles. The third-order valence-corrected chi connectivity index (χ3v) is 6.61. The van der Waals surface area contributed by atoms with Crippen molar-refractivity contribution in [3.63, 3.8) is 0 Å². The predicted molar refractivity (Wildman–Crippen MR) is 115 cm³/mol. The number of nitrogens with zero attached hydrogens (tertiary/aromatic N) is 2. The van der Waals surface area contributed by atoms with Crippen molar-refractivity contribution in [2.45, 2.75) is 11.8 Å². The summed E-state index contributed by atoms with van der Waals surface area (Å²) in [6, 6.07) is 13.2. The SMILES string of the molecule is COc1ccccc1N1CCN(CCNS(=O)(=O)c2cc(C)ccc2OC)CC1. The lowest BCUT2D eigenvalue weighted by Crippen LogP contribution is -2.48. The van der Waals surface area contributed by atoms with Gasteiger partial charge in [0, 0.05) is 39.3 Å². The van der Waals surface area contributed by atoms with E-state index in [4.69, 9.17) is 9.47 Å². The highest BCUT2D eigenvalue weighted by Gasteiger charge is 2.22. The molecule has 29 heavy (non-hydrogen) atoms. The molecule has 158 valence electrons. The van der Waals surface area contributed by atoms with Crippen LogP contribution in [-0.2, 0) is 10.0 Å². The Balaban J connectivity index is 1.53. The highest BCUT2D eigenvalue weighted by atomic mass is 32.2. The van der Waals surface area contributed by atoms with Gasteiger partial charge in [-0.2, -0.15) is 0 Å². The maximum atomic E-state index is 12.7. The van der Waals surface area contributed by atoms with Crippen LogP contribution in [0.3, 0.4) is 0 Å². The zero-order chi connectivity index (χ0) is 20.9. The number of ether oxygens (including phenoxy) is 2. The quantitative estimate of drug-likeness (QED) is 0.707. The molecule has 1 fully saturated rings. The molecule has 2 aromatic rings. The van der Waals surface area contributed by atoms with E-state index in [9.17, 15) is 8.42 Å². The smallest absolute Gasteiger partial charge is 0.244 e. The number of rotatable bonds is 8. The Kier molecular flexibility index (Phi) is 7.00. The van der Waals surface area contributed by atoms with E-state index in [2.05, 4.69) is 20.6 Å². The molecule has 1 heterocycles. The first-order valence-electron chi connectivity index (χ1n) is 9.69. The number of benzene rings is 2. The molecule has 1 N–H and O–H groups in total. The van der Waals surface area contributed by atoms with Crippen LogP contribution in [0, 0.1) is 6.92 Å². The molecule has 0 radical (unpaired) electrons. The van der Waals surface area contributed by atoms with Gasteiger partial charge in [-0.25, -0.2) is 13.1 Å². The van der Waals surface area contributed by atoms with Gasteiger partial charge < -0.3 is 14.4 Å². The average molecular weight is 420 g/mol. The zero-order valence-electron chi connectivity index (χ0n) is 17.2. The van der Waals surface area contributed by atoms with Gasteiger partial charge in [0.1, 0.15) is 16.4 Å². The molecule has 0 aliphatic carbocycles. The normalized spacial score (nSPS) is 15.3. The number of methoxy groups -OCH3 is 2. The second-order valence-corrected chi connectivity index (χ2v) is 8.79. The number of para-hydroxylation sites is 2. The van der Waals surface area contributed by atoms with Crippen LogP contribution in [0.2, 0.25) is 0 Å². The summed E-state index contributed by atoms with van der Waals surface area (Å²) in [4.78, 5) is 4.75. The summed E-state index contributed by atoms with van der Waals surface area (Å²) in [7, 11) is -0.456. The number of piperazine rings is 1. The third-order valence-electron chi connectivity index (χ3n) is 5.13. The molecule has 1 aliphatic rings. The molecule has 0 bridgehead atoms. The van der Waals surface area contributed by atoms with Crippen molar-refractivity contribution in [3.05, 3.63) is 48.0 Å². The second kappa shape index (κ2) is 9.47. The maximum absolute atomic E-state index is 12.7. The lowest BCUT2D eigenvalue weighted by molar-refractivity contribution is 0.261. The Hall–Kier alpha value is -2.29. The molecular weight excluding hydrogens is 390 g/mol. The summed E-state index contributed by atoms with van der Waals surface area (Å²) < 4.78 is 38.7. The van der Waals surface area contributed by atoms with Crippen molar-refractivity contribution in [1.29, 1.82) is 0 Å². The minimum Gasteiger partial charge on any atom is -0.495 e. The summed E-state index contributed by atoms with van der Waals surface area (Å²) in [6.07, 6.45) is 0. The number of sulfonamides is 1. The fourth-order valence-corrected chi connectivity index (χ4v) is 4.79. The van der Waals surface area contributed by atoms with Crippen molar-refractivity contribution in [2.24, 2.45) is 0 Å². The van der Waals surface area contributed by atoms with Gasteiger partial charge >= 0.3 is 0 Å². The van der Waals surface area contributed by atoms with Crippen LogP contribution in [0.1, 0.15) is 5.56 Å². The monoisotopic (exact) mass is 419 g/mol. The van der Waals surface area contributed by atoms with Crippen LogP contribution in [-0.4, -0.2) is 66.8 Å². The largest absolute Gasteiger partial charge is 0.495 e. The molecular formula is C21H29N3O4S. The van der Waals surface area contributed by atoms with Gasteiger partial charge in [-0.05, 0) is 36.8 Å². The molecule has 7 nitrogen and oxygen atoms in total. The predicted octanol–water partition coefficient (Wildman–Crippen LogP) is 2.11. The van der Waals surface area contributed by atoms with E-state index in [-0.39, 0.29) is 4.90 Å². The molecule has 0 unspecified atom stereocenters. The first-order chi connectivity index (χ1) is 13.9. The van der Waals surface area contributed by atoms with Crippen LogP contribution in [0.5, 0.6) is 11.5 Å². The third kappa shape index (κ3) is 5.20. The molecule has 0 atom stereocenters. The van der Waals surface area contributed by atoms with Crippen molar-refractivity contribution >= 4 is 15.7 Å². The van der Waals surface area contributed by atoms with E-state index in [1.54, 1.807) is 19.2 Å². The first kappa shape index (κ1) is 21.4. The number of hydrogen-bond acceptors (Lipinski definition) is 6. The summed E-state index contributed by atoms with van der Waals surface area (Å²) in [5.74, 6) is 1.23. The minimum absolute atomic E-state index is 0.181. The van der Waals surface area contributed by atoms with E-state index >= 15 is 0 Å². The number of nitrogens with one attached hydrogen (secondary N) is 1. The van der Waals surface area contributed by atoms with E-state index in [1.807, 2.05) is 31.2 Å². The topological polar surface area (TPSA) is 71.1 Å². The Morgan fingerprint density at radius 3 is 2.34 bits per heavy atom. The highest BCUT2D eigenvalue weighted by molar-refractivity contribution is 7.89. The first-order valence-corrected chi connectivity index (χ1v) is 11.2. The second-order valence-electron chi connectivity index (χ2n) is 7.05. The molecule has 8 heteroatoms. The van der Waals surface area contributed by atoms with E-state index in [0.717, 1.165) is 43.2 Å². The molecule has 1 saturated heterocycles. The zero-order valence-corrected chi connectivity index (χ0v) is 18.0. The fourth-order valence-electron chi connectivity index (χ4n) is 3.51. The van der Waals surface area contributed by atoms with Crippen molar-refractivity contribution in [1.82, 2.24) is 9.62 Å². The van der Waals surface area contributed by atoms with Gasteiger partial charge in [0.25, 0.3) is 0 Å². The van der Waals surface area contributed by atoms with Crippen LogP contribution in [0.15, 0.2) is 47.4 Å². The van der Waals surface area contributed by atoms with Gasteiger partial charge in [-0.1, -0.05) is 18.2 Å². The van der Waals surface area contributed by atoms with E-state index in [1.165, 1.54) is 7.11 Å². The summed E-state index contributed by atoms with van der Waals surface area (Å²) >= 11 is 0. The molecule has 1 aliphatic heterocycles. The number of anilines is 1. The van der Waals surface area contributed by atoms with Crippen LogP contribution in [0.4, 0.5) is 5.69 Å². The highest BCUT2D eigenvalue weighted by Crippen LogP contribution is 2.28. The summed E-state index contributed by atoms with van der Waals surface area (Å²) in [6.45, 7) is 6.36. The van der Waals surface area contributed by atoms with Crippen LogP contribution in [0.25, 0.3) is 0 Å². The van der Waals surface area contributed by atoms with E-state index < -0.39 is 10.0 Å². The Bertz CT molecular complexity index is 925. The van der Waals surface area contributed by atoms with Gasteiger partial charge in [0.2, 0.25) is 10.0 Å². The number of aryl methyl sites for hydroxylation is 1. The average Bonchev–Trinajstić information content (AvgIpc) is 2.74. The molecule has 0 aromatic heterocycles. The standard InChI is InChI=1S/C21H29N3O4S/c1-17-8-9-20(28-3)21(16-17)29(25,26)22-10-11-23-12-14-24(15-13-23)18-6-4-5-7-19(18)27-2/h4-9,16,22H,10-15H2,1-3H3. The van der Waals surface area contributed by atoms with Crippen molar-refractivity contribution in [2.75, 3.05) is 58.4 Å². The number of hydrogen-bond donors (Lipinski definition) is 1. The van der Waals surface area contributed by atoms with Gasteiger partial charge in [-0.15, -0.1) is 0 Å². The molecule has 2 aromatic carbocycles. The summed E-state index contributed by atoms with van der Waals surface area (Å²) in [5, 5.41) is 0. The summed E-state index contributed by atoms with van der Waals surface area (Å²) in [5.41, 5.74) is 1.97. The van der Waals surface area contributed by atoms with Gasteiger partial charge in [0.05, 0.1) is 19.9 Å². The Morgan fingerprint density at radius 2 is 1.66 bits per heavy atom. The van der Waals surface area contributed by atoms with Crippen molar-refractivity contribution < 1.29 is 17.9 Å². The Morgan fingerprint density at radius 1 is 0.966 bits per heavy atom. The van der Waals surface area contributed by atoms with Crippen molar-refractivity contribution in [3.8, 4) is 11.5 Å². The molecule has 3 rings (SSSR count). The van der Waals surface area contributed by atoms with Gasteiger partial charge in [0.15, 0.2) is 0 Å². The lowest BCUT2D eigenvalue weighted by atomic mass is 10.2. The Labute approximate surface area is 173 Å². The molecule has 0 amide bonds. The lowest BCUT2D eigenvalue weighted by Gasteiger charge is -2.36. The fraction of sp³-hybridized carbons (Fsp3) is 0.429. The van der Waals surface area contributed by atoms with E-state index in [0.29, 0.717) is 18.8 Å².